The Balaban J connectivity index is 2.39. The summed E-state index contributed by atoms with van der Waals surface area (Å²) < 4.78 is 0. The number of thioether (sulfide) groups is 1. The molecule has 4 nitrogen and oxygen atoms in total. The summed E-state index contributed by atoms with van der Waals surface area (Å²) in [7, 11) is 0. The minimum Gasteiger partial charge on any atom is -0.481 e. The fraction of sp³-hybridized carbons (Fsp3) is 0.846. The molecular formula is C13H23NO3S. The second-order valence-electron chi connectivity index (χ2n) is 5.03. The van der Waals surface area contributed by atoms with Gasteiger partial charge in [-0.2, -0.15) is 0 Å². The monoisotopic (exact) mass is 273 g/mol. The maximum absolute atomic E-state index is 12.1. The highest BCUT2D eigenvalue weighted by atomic mass is 32.2. The molecule has 1 atom stereocenters. The molecule has 1 fully saturated rings. The van der Waals surface area contributed by atoms with Crippen molar-refractivity contribution in [2.24, 2.45) is 5.41 Å². The SMILES string of the molecule is CCN(CC)C(=O)C(C)SCC1(CC(=O)O)CC1. The summed E-state index contributed by atoms with van der Waals surface area (Å²) >= 11 is 1.60. The molecule has 1 rings (SSSR count). The van der Waals surface area contributed by atoms with Gasteiger partial charge in [-0.05, 0) is 39.0 Å². The number of hydrogen-bond acceptors (Lipinski definition) is 3. The van der Waals surface area contributed by atoms with Crippen LogP contribution in [0.5, 0.6) is 0 Å². The predicted molar refractivity (Wildman–Crippen MR) is 73.8 cm³/mol. The van der Waals surface area contributed by atoms with E-state index in [0.29, 0.717) is 0 Å². The number of hydrogen-bond donors (Lipinski definition) is 1. The second kappa shape index (κ2) is 6.45. The van der Waals surface area contributed by atoms with Crippen molar-refractivity contribution in [1.29, 1.82) is 0 Å². The Kier molecular flexibility index (Phi) is 5.50. The molecule has 0 aromatic rings. The molecule has 1 aliphatic rings. The Morgan fingerprint density at radius 1 is 1.33 bits per heavy atom. The lowest BCUT2D eigenvalue weighted by Crippen LogP contribution is -2.36. The quantitative estimate of drug-likeness (QED) is 0.737. The molecule has 0 heterocycles. The zero-order valence-electron chi connectivity index (χ0n) is 11.4. The maximum atomic E-state index is 12.1. The van der Waals surface area contributed by atoms with Crippen molar-refractivity contribution in [3.05, 3.63) is 0 Å². The Hall–Kier alpha value is -0.710. The first kappa shape index (κ1) is 15.3. The van der Waals surface area contributed by atoms with Gasteiger partial charge in [0.15, 0.2) is 0 Å². The van der Waals surface area contributed by atoms with Crippen LogP contribution in [0, 0.1) is 5.41 Å². The first-order valence-corrected chi connectivity index (χ1v) is 7.61. The Morgan fingerprint density at radius 3 is 2.28 bits per heavy atom. The minimum atomic E-state index is -0.726. The van der Waals surface area contributed by atoms with Crippen molar-refractivity contribution in [3.8, 4) is 0 Å². The molecule has 0 radical (unpaired) electrons. The summed E-state index contributed by atoms with van der Waals surface area (Å²) in [4.78, 5) is 24.6. The van der Waals surface area contributed by atoms with Gasteiger partial charge in [0.2, 0.25) is 5.91 Å². The fourth-order valence-electron chi connectivity index (χ4n) is 2.04. The third-order valence-corrected chi connectivity index (χ3v) is 5.03. The van der Waals surface area contributed by atoms with E-state index in [-0.39, 0.29) is 23.0 Å². The second-order valence-corrected chi connectivity index (χ2v) is 6.36. The molecule has 1 unspecified atom stereocenters. The van der Waals surface area contributed by atoms with Crippen molar-refractivity contribution >= 4 is 23.6 Å². The van der Waals surface area contributed by atoms with Crippen molar-refractivity contribution in [2.45, 2.75) is 45.3 Å². The fourth-order valence-corrected chi connectivity index (χ4v) is 3.32. The van der Waals surface area contributed by atoms with Crippen molar-refractivity contribution < 1.29 is 14.7 Å². The number of carbonyl (C=O) groups is 2. The van der Waals surface area contributed by atoms with Gasteiger partial charge < -0.3 is 10.0 Å². The highest BCUT2D eigenvalue weighted by Crippen LogP contribution is 2.51. The van der Waals surface area contributed by atoms with Crippen LogP contribution < -0.4 is 0 Å². The molecule has 18 heavy (non-hydrogen) atoms. The number of carboxylic acids is 1. The van der Waals surface area contributed by atoms with Gasteiger partial charge in [0.05, 0.1) is 11.7 Å². The number of rotatable bonds is 8. The molecule has 5 heteroatoms. The zero-order chi connectivity index (χ0) is 13.8. The lowest BCUT2D eigenvalue weighted by molar-refractivity contribution is -0.138. The molecule has 0 aromatic heterocycles. The van der Waals surface area contributed by atoms with E-state index in [1.165, 1.54) is 0 Å². The lowest BCUT2D eigenvalue weighted by atomic mass is 10.1. The molecule has 1 aliphatic carbocycles. The summed E-state index contributed by atoms with van der Waals surface area (Å²) in [5.74, 6) is 0.222. The summed E-state index contributed by atoms with van der Waals surface area (Å²) in [6.45, 7) is 7.35. The molecule has 1 N–H and O–H groups in total. The van der Waals surface area contributed by atoms with Gasteiger partial charge in [0.25, 0.3) is 0 Å². The topological polar surface area (TPSA) is 57.6 Å². The van der Waals surface area contributed by atoms with Crippen LogP contribution in [0.4, 0.5) is 0 Å². The van der Waals surface area contributed by atoms with Gasteiger partial charge in [-0.1, -0.05) is 0 Å². The molecule has 0 spiro atoms. The van der Waals surface area contributed by atoms with Gasteiger partial charge in [0.1, 0.15) is 0 Å². The van der Waals surface area contributed by atoms with Crippen LogP contribution in [-0.2, 0) is 9.59 Å². The Labute approximate surface area is 113 Å². The summed E-state index contributed by atoms with van der Waals surface area (Å²) in [5.41, 5.74) is -0.0334. The van der Waals surface area contributed by atoms with Gasteiger partial charge in [0, 0.05) is 18.8 Å². The Bertz CT molecular complexity index is 311. The minimum absolute atomic E-state index is 0.0334. The standard InChI is InChI=1S/C13H23NO3S/c1-4-14(5-2)12(17)10(3)18-9-13(6-7-13)8-11(15)16/h10H,4-9H2,1-3H3,(H,15,16). The van der Waals surface area contributed by atoms with E-state index in [9.17, 15) is 9.59 Å². The van der Waals surface area contributed by atoms with Crippen molar-refractivity contribution in [2.75, 3.05) is 18.8 Å². The zero-order valence-corrected chi connectivity index (χ0v) is 12.3. The molecule has 0 aromatic carbocycles. The summed E-state index contributed by atoms with van der Waals surface area (Å²) in [6.07, 6.45) is 2.21. The van der Waals surface area contributed by atoms with Crippen molar-refractivity contribution in [1.82, 2.24) is 4.90 Å². The van der Waals surface area contributed by atoms with E-state index < -0.39 is 5.97 Å². The first-order chi connectivity index (χ1) is 8.44. The van der Waals surface area contributed by atoms with Crippen LogP contribution in [0.25, 0.3) is 0 Å². The molecule has 0 bridgehead atoms. The molecule has 1 amide bonds. The van der Waals surface area contributed by atoms with Crippen LogP contribution in [0.15, 0.2) is 0 Å². The van der Waals surface area contributed by atoms with Gasteiger partial charge in [-0.15, -0.1) is 11.8 Å². The van der Waals surface area contributed by atoms with Crippen LogP contribution in [-0.4, -0.2) is 46.0 Å². The highest BCUT2D eigenvalue weighted by molar-refractivity contribution is 8.00. The number of nitrogens with zero attached hydrogens (tertiary/aromatic N) is 1. The molecular weight excluding hydrogens is 250 g/mol. The van der Waals surface area contributed by atoms with Crippen LogP contribution in [0.3, 0.4) is 0 Å². The van der Waals surface area contributed by atoms with E-state index in [1.54, 1.807) is 11.8 Å². The average Bonchev–Trinajstić information content (AvgIpc) is 3.06. The third-order valence-electron chi connectivity index (χ3n) is 3.55. The number of carboxylic acid groups (broad SMARTS) is 1. The van der Waals surface area contributed by atoms with E-state index >= 15 is 0 Å². The molecule has 0 aliphatic heterocycles. The van der Waals surface area contributed by atoms with Crippen LogP contribution in [0.1, 0.15) is 40.0 Å². The normalized spacial score (nSPS) is 18.2. The van der Waals surface area contributed by atoms with E-state index in [2.05, 4.69) is 0 Å². The molecule has 104 valence electrons. The number of amides is 1. The first-order valence-electron chi connectivity index (χ1n) is 6.56. The lowest BCUT2D eigenvalue weighted by Gasteiger charge is -2.23. The number of aliphatic carboxylic acids is 1. The maximum Gasteiger partial charge on any atom is 0.303 e. The predicted octanol–water partition coefficient (Wildman–Crippen LogP) is 2.23. The highest BCUT2D eigenvalue weighted by Gasteiger charge is 2.44. The van der Waals surface area contributed by atoms with Crippen LogP contribution >= 0.6 is 11.8 Å². The van der Waals surface area contributed by atoms with E-state index in [0.717, 1.165) is 31.7 Å². The summed E-state index contributed by atoms with van der Waals surface area (Å²) in [5, 5.41) is 8.77. The third kappa shape index (κ3) is 4.19. The summed E-state index contributed by atoms with van der Waals surface area (Å²) in [6, 6.07) is 0. The van der Waals surface area contributed by atoms with Gasteiger partial charge in [-0.25, -0.2) is 0 Å². The van der Waals surface area contributed by atoms with E-state index in [4.69, 9.17) is 5.11 Å². The molecule has 1 saturated carbocycles. The van der Waals surface area contributed by atoms with Crippen molar-refractivity contribution in [3.63, 3.8) is 0 Å². The average molecular weight is 273 g/mol. The van der Waals surface area contributed by atoms with Gasteiger partial charge >= 0.3 is 5.97 Å². The van der Waals surface area contributed by atoms with E-state index in [1.807, 2.05) is 25.7 Å². The Morgan fingerprint density at radius 2 is 1.89 bits per heavy atom. The largest absolute Gasteiger partial charge is 0.481 e. The smallest absolute Gasteiger partial charge is 0.303 e. The van der Waals surface area contributed by atoms with Gasteiger partial charge in [-0.3, -0.25) is 9.59 Å². The van der Waals surface area contributed by atoms with Crippen LogP contribution in [0.2, 0.25) is 0 Å². The number of carbonyl (C=O) groups excluding carboxylic acids is 1. The molecule has 0 saturated heterocycles.